The smallest absolute Gasteiger partial charge is 0.257 e. The zero-order chi connectivity index (χ0) is 14.4. The number of nitrogens with two attached hydrogens (primary N) is 1. The van der Waals surface area contributed by atoms with Gasteiger partial charge in [-0.05, 0) is 24.6 Å². The number of aryl methyl sites for hydroxylation is 1. The van der Waals surface area contributed by atoms with Crippen molar-refractivity contribution in [3.8, 4) is 0 Å². The Morgan fingerprint density at radius 3 is 2.74 bits per heavy atom. The van der Waals surface area contributed by atoms with Gasteiger partial charge in [0.1, 0.15) is 5.82 Å². The van der Waals surface area contributed by atoms with Gasteiger partial charge in [0.15, 0.2) is 0 Å². The van der Waals surface area contributed by atoms with E-state index in [4.69, 9.17) is 15.6 Å². The van der Waals surface area contributed by atoms with Gasteiger partial charge in [0.2, 0.25) is 0 Å². The Morgan fingerprint density at radius 2 is 2.16 bits per heavy atom. The molecular weight excluding hydrogens is 251 g/mol. The molecule has 0 heterocycles. The highest BCUT2D eigenvalue weighted by molar-refractivity contribution is 5.95. The summed E-state index contributed by atoms with van der Waals surface area (Å²) in [7, 11) is 1.51. The van der Waals surface area contributed by atoms with Gasteiger partial charge in [-0.1, -0.05) is 0 Å². The molecule has 0 aliphatic heterocycles. The fourth-order valence-electron chi connectivity index (χ4n) is 1.76. The van der Waals surface area contributed by atoms with Gasteiger partial charge in [-0.25, -0.2) is 4.39 Å². The van der Waals surface area contributed by atoms with Gasteiger partial charge in [0, 0.05) is 25.9 Å². The van der Waals surface area contributed by atoms with Crippen LogP contribution in [-0.2, 0) is 4.74 Å². The summed E-state index contributed by atoms with van der Waals surface area (Å²) in [5.74, 6) is -1.08. The first kappa shape index (κ1) is 15.4. The van der Waals surface area contributed by atoms with E-state index in [-0.39, 0.29) is 25.3 Å². The molecule has 0 aromatic heterocycles. The largest absolute Gasteiger partial charge is 0.399 e. The Kier molecular flexibility index (Phi) is 5.72. The SMILES string of the molecule is COCCN(CCO)C(=O)c1cc(N)cc(C)c1F. The van der Waals surface area contributed by atoms with Crippen molar-refractivity contribution in [3.05, 3.63) is 29.1 Å². The second-order valence-electron chi connectivity index (χ2n) is 4.21. The number of benzene rings is 1. The van der Waals surface area contributed by atoms with E-state index in [1.807, 2.05) is 0 Å². The summed E-state index contributed by atoms with van der Waals surface area (Å²) in [6, 6.07) is 2.78. The molecule has 0 unspecified atom stereocenters. The minimum atomic E-state index is -0.584. The Labute approximate surface area is 111 Å². The zero-order valence-electron chi connectivity index (χ0n) is 11.1. The number of aliphatic hydroxyl groups excluding tert-OH is 1. The van der Waals surface area contributed by atoms with Crippen molar-refractivity contribution in [2.45, 2.75) is 6.92 Å². The third kappa shape index (κ3) is 3.90. The minimum absolute atomic E-state index is 0.0814. The number of rotatable bonds is 6. The van der Waals surface area contributed by atoms with Crippen molar-refractivity contribution < 1.29 is 19.0 Å². The van der Waals surface area contributed by atoms with E-state index in [9.17, 15) is 9.18 Å². The summed E-state index contributed by atoms with van der Waals surface area (Å²) in [5, 5.41) is 8.96. The summed E-state index contributed by atoms with van der Waals surface area (Å²) < 4.78 is 18.8. The van der Waals surface area contributed by atoms with Crippen LogP contribution in [0.4, 0.5) is 10.1 Å². The van der Waals surface area contributed by atoms with Crippen LogP contribution in [0.2, 0.25) is 0 Å². The second kappa shape index (κ2) is 7.06. The fraction of sp³-hybridized carbons (Fsp3) is 0.462. The molecule has 1 amide bonds. The van der Waals surface area contributed by atoms with Crippen molar-refractivity contribution >= 4 is 11.6 Å². The van der Waals surface area contributed by atoms with E-state index in [1.165, 1.54) is 24.1 Å². The monoisotopic (exact) mass is 270 g/mol. The molecule has 106 valence electrons. The van der Waals surface area contributed by atoms with Crippen LogP contribution in [0.5, 0.6) is 0 Å². The van der Waals surface area contributed by atoms with Gasteiger partial charge in [0.25, 0.3) is 5.91 Å². The number of halogens is 1. The first-order valence-corrected chi connectivity index (χ1v) is 5.96. The average Bonchev–Trinajstić information content (AvgIpc) is 2.38. The second-order valence-corrected chi connectivity index (χ2v) is 4.21. The van der Waals surface area contributed by atoms with Crippen molar-refractivity contribution in [3.63, 3.8) is 0 Å². The third-order valence-electron chi connectivity index (χ3n) is 2.73. The molecule has 0 aliphatic rings. The number of carbonyl (C=O) groups is 1. The quantitative estimate of drug-likeness (QED) is 0.750. The number of nitrogen functional groups attached to an aromatic ring is 1. The van der Waals surface area contributed by atoms with Crippen LogP contribution >= 0.6 is 0 Å². The molecule has 1 rings (SSSR count). The van der Waals surface area contributed by atoms with Crippen molar-refractivity contribution in [1.29, 1.82) is 0 Å². The molecule has 0 radical (unpaired) electrons. The first-order chi connectivity index (χ1) is 9.01. The van der Waals surface area contributed by atoms with Crippen molar-refractivity contribution in [1.82, 2.24) is 4.90 Å². The number of aliphatic hydroxyl groups is 1. The Balaban J connectivity index is 3.01. The van der Waals surface area contributed by atoms with Crippen LogP contribution in [0.15, 0.2) is 12.1 Å². The van der Waals surface area contributed by atoms with Crippen molar-refractivity contribution in [2.24, 2.45) is 0 Å². The van der Waals surface area contributed by atoms with E-state index < -0.39 is 11.7 Å². The number of hydrogen-bond acceptors (Lipinski definition) is 4. The summed E-state index contributed by atoms with van der Waals surface area (Å²) in [6.07, 6.45) is 0. The van der Waals surface area contributed by atoms with Gasteiger partial charge in [0.05, 0.1) is 18.8 Å². The lowest BCUT2D eigenvalue weighted by Crippen LogP contribution is -2.36. The number of nitrogens with zero attached hydrogens (tertiary/aromatic N) is 1. The molecule has 0 atom stereocenters. The van der Waals surface area contributed by atoms with Gasteiger partial charge in [-0.15, -0.1) is 0 Å². The molecule has 0 fully saturated rings. The Hall–Kier alpha value is -1.66. The van der Waals surface area contributed by atoms with E-state index >= 15 is 0 Å². The molecule has 3 N–H and O–H groups in total. The standard InChI is InChI=1S/C13H19FN2O3/c1-9-7-10(15)8-11(12(9)14)13(18)16(3-5-17)4-6-19-2/h7-8,17H,3-6,15H2,1-2H3. The first-order valence-electron chi connectivity index (χ1n) is 5.96. The molecule has 0 bridgehead atoms. The topological polar surface area (TPSA) is 75.8 Å². The summed E-state index contributed by atoms with van der Waals surface area (Å²) in [5.41, 5.74) is 6.20. The Morgan fingerprint density at radius 1 is 1.47 bits per heavy atom. The van der Waals surface area contributed by atoms with Crippen LogP contribution in [-0.4, -0.2) is 49.3 Å². The van der Waals surface area contributed by atoms with E-state index in [0.29, 0.717) is 17.9 Å². The number of hydrogen-bond donors (Lipinski definition) is 2. The normalized spacial score (nSPS) is 10.5. The lowest BCUT2D eigenvalue weighted by atomic mass is 10.1. The molecular formula is C13H19FN2O3. The lowest BCUT2D eigenvalue weighted by molar-refractivity contribution is 0.0652. The van der Waals surface area contributed by atoms with Gasteiger partial charge in [-0.3, -0.25) is 4.79 Å². The highest BCUT2D eigenvalue weighted by Crippen LogP contribution is 2.18. The number of methoxy groups -OCH3 is 1. The maximum absolute atomic E-state index is 14.0. The molecule has 0 saturated heterocycles. The summed E-state index contributed by atoms with van der Waals surface area (Å²) in [6.45, 7) is 2.07. The summed E-state index contributed by atoms with van der Waals surface area (Å²) >= 11 is 0. The lowest BCUT2D eigenvalue weighted by Gasteiger charge is -2.22. The highest BCUT2D eigenvalue weighted by atomic mass is 19.1. The van der Waals surface area contributed by atoms with E-state index in [2.05, 4.69) is 0 Å². The molecule has 1 aromatic rings. The van der Waals surface area contributed by atoms with Crippen molar-refractivity contribution in [2.75, 3.05) is 39.1 Å². The maximum atomic E-state index is 14.0. The average molecular weight is 270 g/mol. The maximum Gasteiger partial charge on any atom is 0.257 e. The molecule has 0 saturated carbocycles. The molecule has 6 heteroatoms. The van der Waals surface area contributed by atoms with Gasteiger partial charge < -0.3 is 20.5 Å². The van der Waals surface area contributed by atoms with E-state index in [1.54, 1.807) is 6.92 Å². The van der Waals surface area contributed by atoms with Gasteiger partial charge in [-0.2, -0.15) is 0 Å². The third-order valence-corrected chi connectivity index (χ3v) is 2.73. The van der Waals surface area contributed by atoms with Crippen LogP contribution in [0.3, 0.4) is 0 Å². The van der Waals surface area contributed by atoms with Crippen LogP contribution in [0.25, 0.3) is 0 Å². The minimum Gasteiger partial charge on any atom is -0.399 e. The van der Waals surface area contributed by atoms with E-state index in [0.717, 1.165) is 0 Å². The molecule has 0 spiro atoms. The molecule has 0 aliphatic carbocycles. The summed E-state index contributed by atoms with van der Waals surface area (Å²) in [4.78, 5) is 13.6. The van der Waals surface area contributed by atoms with Crippen LogP contribution in [0.1, 0.15) is 15.9 Å². The highest BCUT2D eigenvalue weighted by Gasteiger charge is 2.20. The van der Waals surface area contributed by atoms with Gasteiger partial charge >= 0.3 is 0 Å². The number of carbonyl (C=O) groups excluding carboxylic acids is 1. The molecule has 1 aromatic carbocycles. The number of amides is 1. The number of ether oxygens (including phenoxy) is 1. The number of anilines is 1. The predicted molar refractivity (Wildman–Crippen MR) is 70.4 cm³/mol. The Bertz CT molecular complexity index is 452. The van der Waals surface area contributed by atoms with Crippen LogP contribution < -0.4 is 5.73 Å². The predicted octanol–water partition coefficient (Wildman–Crippen LogP) is 0.797. The fourth-order valence-corrected chi connectivity index (χ4v) is 1.76. The van der Waals surface area contributed by atoms with Crippen LogP contribution in [0, 0.1) is 12.7 Å². The molecule has 19 heavy (non-hydrogen) atoms. The zero-order valence-corrected chi connectivity index (χ0v) is 11.1. The molecule has 5 nitrogen and oxygen atoms in total.